The number of hydrogen-bond donors (Lipinski definition) is 3. The summed E-state index contributed by atoms with van der Waals surface area (Å²) in [7, 11) is 1.78. The Morgan fingerprint density at radius 3 is 3.09 bits per heavy atom. The predicted octanol–water partition coefficient (Wildman–Crippen LogP) is 1.93. The van der Waals surface area contributed by atoms with Crippen LogP contribution in [0.15, 0.2) is 17.5 Å². The van der Waals surface area contributed by atoms with Gasteiger partial charge in [0.25, 0.3) is 0 Å². The number of carbonyl (C=O) groups is 1. The largest absolute Gasteiger partial charge is 0.450 e. The number of rotatable bonds is 7. The molecule has 124 valence electrons. The van der Waals surface area contributed by atoms with E-state index in [1.165, 1.54) is 20.9 Å². The van der Waals surface area contributed by atoms with Gasteiger partial charge in [-0.1, -0.05) is 16.3 Å². The molecule has 0 spiro atoms. The minimum atomic E-state index is -0.378. The second kappa shape index (κ2) is 8.49. The van der Waals surface area contributed by atoms with Crippen LogP contribution in [0, 0.1) is 0 Å². The van der Waals surface area contributed by atoms with Gasteiger partial charge in [-0.3, -0.25) is 5.84 Å². The molecule has 0 atom stereocenters. The number of aromatic nitrogens is 1. The predicted molar refractivity (Wildman–Crippen MR) is 93.4 cm³/mol. The average Bonchev–Trinajstić information content (AvgIpc) is 3.16. The highest BCUT2D eigenvalue weighted by Gasteiger charge is 2.14. The van der Waals surface area contributed by atoms with Gasteiger partial charge in [0.15, 0.2) is 5.69 Å². The Hall–Kier alpha value is -2.13. The normalized spacial score (nSPS) is 11.3. The Balaban J connectivity index is 1.94. The van der Waals surface area contributed by atoms with Crippen LogP contribution in [-0.4, -0.2) is 42.3 Å². The lowest BCUT2D eigenvalue weighted by Gasteiger charge is -2.03. The molecule has 7 nitrogen and oxygen atoms in total. The Morgan fingerprint density at radius 1 is 1.52 bits per heavy atom. The first-order chi connectivity index (χ1) is 11.1. The van der Waals surface area contributed by atoms with Gasteiger partial charge in [-0.15, -0.1) is 16.0 Å². The zero-order valence-corrected chi connectivity index (χ0v) is 14.7. The Morgan fingerprint density at radius 2 is 2.35 bits per heavy atom. The minimum Gasteiger partial charge on any atom is -0.450 e. The fourth-order valence-electron chi connectivity index (χ4n) is 1.81. The van der Waals surface area contributed by atoms with Gasteiger partial charge < -0.3 is 15.4 Å². The molecule has 0 aromatic carbocycles. The highest BCUT2D eigenvalue weighted by molar-refractivity contribution is 7.16. The second-order valence-corrected chi connectivity index (χ2v) is 6.51. The van der Waals surface area contributed by atoms with Gasteiger partial charge in [-0.25, -0.2) is 4.79 Å². The highest BCUT2D eigenvalue weighted by atomic mass is 32.1. The van der Waals surface area contributed by atoms with Crippen LogP contribution in [0.5, 0.6) is 0 Å². The smallest absolute Gasteiger partial charge is 0.407 e. The zero-order chi connectivity index (χ0) is 16.7. The first-order valence-electron chi connectivity index (χ1n) is 7.13. The third-order valence-corrected chi connectivity index (χ3v) is 4.83. The van der Waals surface area contributed by atoms with E-state index in [0.717, 1.165) is 17.0 Å². The van der Waals surface area contributed by atoms with E-state index in [-0.39, 0.29) is 6.09 Å². The molecular formula is C14H20N5O2S2+. The van der Waals surface area contributed by atoms with E-state index in [9.17, 15) is 4.79 Å². The van der Waals surface area contributed by atoms with Gasteiger partial charge in [-0.05, 0) is 25.5 Å². The molecule has 0 unspecified atom stereocenters. The summed E-state index contributed by atoms with van der Waals surface area (Å²) in [4.78, 5) is 18.0. The summed E-state index contributed by atoms with van der Waals surface area (Å²) in [6, 6.07) is 4.08. The van der Waals surface area contributed by atoms with Crippen LogP contribution in [0.1, 0.15) is 11.8 Å². The number of ether oxygens (including phenoxy) is 1. The van der Waals surface area contributed by atoms with Gasteiger partial charge in [0.2, 0.25) is 6.34 Å². The first-order valence-corrected chi connectivity index (χ1v) is 8.83. The van der Waals surface area contributed by atoms with Crippen LogP contribution >= 0.6 is 22.7 Å². The van der Waals surface area contributed by atoms with E-state index in [1.807, 2.05) is 17.5 Å². The summed E-state index contributed by atoms with van der Waals surface area (Å²) in [5.41, 5.74) is 0.902. The molecule has 0 saturated carbocycles. The van der Waals surface area contributed by atoms with Crippen molar-refractivity contribution in [2.45, 2.75) is 13.3 Å². The summed E-state index contributed by atoms with van der Waals surface area (Å²) >= 11 is 3.14. The monoisotopic (exact) mass is 354 g/mol. The standard InChI is InChI=1S/C14H19N5O2S2/c1-3-21-14(20)17-7-6-10-4-5-12(23-10)11-8-22-13(18-11)19(15)9-16-2/h4-5,8-9H,3,6-7,15H2,1-2H3,(H,17,20)/p+1. The van der Waals surface area contributed by atoms with Gasteiger partial charge >= 0.3 is 11.2 Å². The van der Waals surface area contributed by atoms with Gasteiger partial charge in [-0.2, -0.15) is 0 Å². The molecule has 2 aromatic rings. The summed E-state index contributed by atoms with van der Waals surface area (Å²) < 4.78 is 6.27. The van der Waals surface area contributed by atoms with Crippen LogP contribution < -0.4 is 16.5 Å². The molecule has 2 heterocycles. The number of thiophene rings is 1. The molecule has 0 saturated heterocycles. The molecule has 0 radical (unpaired) electrons. The van der Waals surface area contributed by atoms with E-state index in [2.05, 4.69) is 15.6 Å². The van der Waals surface area contributed by atoms with Gasteiger partial charge in [0, 0.05) is 23.8 Å². The number of nitrogens with zero attached hydrogens (tertiary/aromatic N) is 2. The van der Waals surface area contributed by atoms with E-state index in [0.29, 0.717) is 18.3 Å². The lowest BCUT2D eigenvalue weighted by atomic mass is 10.3. The fourth-order valence-corrected chi connectivity index (χ4v) is 3.57. The Bertz CT molecular complexity index is 680. The molecule has 0 fully saturated rings. The maximum absolute atomic E-state index is 11.2. The first kappa shape index (κ1) is 17.2. The third-order valence-electron chi connectivity index (χ3n) is 2.81. The third kappa shape index (κ3) is 4.93. The van der Waals surface area contributed by atoms with Crippen molar-refractivity contribution in [3.05, 3.63) is 22.4 Å². The molecule has 0 bridgehead atoms. The molecule has 1 amide bonds. The van der Waals surface area contributed by atoms with Crippen LogP contribution in [0.3, 0.4) is 0 Å². The number of thiazole rings is 1. The van der Waals surface area contributed by atoms with Crippen molar-refractivity contribution in [1.82, 2.24) is 15.6 Å². The topological polar surface area (TPSA) is 92.3 Å². The Labute approximate surface area is 142 Å². The number of hydrazine groups is 1. The maximum atomic E-state index is 11.2. The number of carbonyl (C=O) groups excluding carboxylic acids is 1. The SMILES string of the molecule is CCOC(=O)NCCc1ccc(-c2csc([N+](N)=CNC)n2)s1. The van der Waals surface area contributed by atoms with Crippen LogP contribution in [0.4, 0.5) is 9.93 Å². The highest BCUT2D eigenvalue weighted by Crippen LogP contribution is 2.31. The lowest BCUT2D eigenvalue weighted by Crippen LogP contribution is -2.26. The molecule has 2 rings (SSSR count). The average molecular weight is 354 g/mol. The van der Waals surface area contributed by atoms with Gasteiger partial charge in [0.1, 0.15) is 0 Å². The minimum absolute atomic E-state index is 0.378. The molecule has 0 aliphatic heterocycles. The zero-order valence-electron chi connectivity index (χ0n) is 13.0. The summed E-state index contributed by atoms with van der Waals surface area (Å²) in [6.45, 7) is 2.71. The van der Waals surface area contributed by atoms with E-state index >= 15 is 0 Å². The maximum Gasteiger partial charge on any atom is 0.407 e. The molecule has 0 aliphatic carbocycles. The van der Waals surface area contributed by atoms with Crippen LogP contribution in [0.2, 0.25) is 0 Å². The van der Waals surface area contributed by atoms with E-state index in [1.54, 1.807) is 31.6 Å². The van der Waals surface area contributed by atoms with E-state index < -0.39 is 0 Å². The van der Waals surface area contributed by atoms with Crippen molar-refractivity contribution in [3.8, 4) is 10.6 Å². The lowest BCUT2D eigenvalue weighted by molar-refractivity contribution is -0.448. The Kier molecular flexibility index (Phi) is 6.36. The molecule has 4 N–H and O–H groups in total. The van der Waals surface area contributed by atoms with Crippen molar-refractivity contribution >= 4 is 40.2 Å². The molecule has 23 heavy (non-hydrogen) atoms. The van der Waals surface area contributed by atoms with E-state index in [4.69, 9.17) is 10.6 Å². The second-order valence-electron chi connectivity index (χ2n) is 4.50. The van der Waals surface area contributed by atoms with Crippen molar-refractivity contribution in [2.24, 2.45) is 5.84 Å². The number of alkyl carbamates (subject to hydrolysis) is 1. The number of nitrogens with two attached hydrogens (primary N) is 1. The van der Waals surface area contributed by atoms with Crippen molar-refractivity contribution in [1.29, 1.82) is 0 Å². The number of hydrazone groups is 1. The molecule has 2 aromatic heterocycles. The van der Waals surface area contributed by atoms with Gasteiger partial charge in [0.05, 0.1) is 11.5 Å². The van der Waals surface area contributed by atoms with Crippen molar-refractivity contribution in [3.63, 3.8) is 0 Å². The van der Waals surface area contributed by atoms with Crippen LogP contribution in [0.25, 0.3) is 10.6 Å². The molecule has 9 heteroatoms. The number of nitrogens with one attached hydrogen (secondary N) is 2. The van der Waals surface area contributed by atoms with Crippen molar-refractivity contribution < 1.29 is 14.2 Å². The molecule has 0 aliphatic rings. The summed E-state index contributed by atoms with van der Waals surface area (Å²) in [6.07, 6.45) is 2.03. The number of hydrogen-bond acceptors (Lipinski definition) is 6. The van der Waals surface area contributed by atoms with Crippen LogP contribution in [-0.2, 0) is 11.2 Å². The summed E-state index contributed by atoms with van der Waals surface area (Å²) in [5, 5.41) is 8.27. The number of amides is 1. The fraction of sp³-hybridized carbons (Fsp3) is 0.357. The summed E-state index contributed by atoms with van der Waals surface area (Å²) in [5.74, 6) is 5.84. The molecular weight excluding hydrogens is 334 g/mol. The quantitative estimate of drug-likeness (QED) is 0.232. The van der Waals surface area contributed by atoms with Crippen molar-refractivity contribution in [2.75, 3.05) is 20.2 Å².